The number of halogens is 2. The monoisotopic (exact) mass is 421 g/mol. The highest BCUT2D eigenvalue weighted by Crippen LogP contribution is 2.19. The van der Waals surface area contributed by atoms with E-state index in [4.69, 9.17) is 0 Å². The SMILES string of the molecule is CC(C)n1c(=O)n(-c2c(F)cc(C#Cc3cccnc3)cc2F)c(=O)c2nn(C)cc21. The third kappa shape index (κ3) is 3.53. The quantitative estimate of drug-likeness (QED) is 0.466. The van der Waals surface area contributed by atoms with Crippen molar-refractivity contribution in [3.8, 4) is 17.5 Å². The molecule has 9 heteroatoms. The van der Waals surface area contributed by atoms with E-state index in [2.05, 4.69) is 21.9 Å². The van der Waals surface area contributed by atoms with E-state index in [-0.39, 0.29) is 17.1 Å². The van der Waals surface area contributed by atoms with Crippen LogP contribution >= 0.6 is 0 Å². The van der Waals surface area contributed by atoms with Crippen molar-refractivity contribution in [3.63, 3.8) is 0 Å². The maximum absolute atomic E-state index is 15.0. The van der Waals surface area contributed by atoms with E-state index in [1.165, 1.54) is 21.6 Å². The van der Waals surface area contributed by atoms with Crippen LogP contribution in [0.5, 0.6) is 0 Å². The van der Waals surface area contributed by atoms with Gasteiger partial charge in [0.05, 0.1) is 5.52 Å². The van der Waals surface area contributed by atoms with Crippen LogP contribution in [0, 0.1) is 23.5 Å². The van der Waals surface area contributed by atoms with Crippen LogP contribution in [-0.2, 0) is 7.05 Å². The number of hydrogen-bond donors (Lipinski definition) is 0. The zero-order valence-corrected chi connectivity index (χ0v) is 16.9. The molecule has 1 aromatic carbocycles. The fourth-order valence-electron chi connectivity index (χ4n) is 3.34. The molecule has 7 nitrogen and oxygen atoms in total. The van der Waals surface area contributed by atoms with Gasteiger partial charge in [-0.1, -0.05) is 11.8 Å². The molecule has 4 aromatic rings. The van der Waals surface area contributed by atoms with Gasteiger partial charge in [0.25, 0.3) is 5.56 Å². The number of fused-ring (bicyclic) bond motifs is 1. The summed E-state index contributed by atoms with van der Waals surface area (Å²) in [6.07, 6.45) is 4.62. The molecular weight excluding hydrogens is 404 g/mol. The van der Waals surface area contributed by atoms with E-state index in [9.17, 15) is 18.4 Å². The normalized spacial score (nSPS) is 11.0. The lowest BCUT2D eigenvalue weighted by atomic mass is 10.1. The molecular formula is C22H17F2N5O2. The highest BCUT2D eigenvalue weighted by atomic mass is 19.1. The Hall–Kier alpha value is -4.06. The Morgan fingerprint density at radius 1 is 1.06 bits per heavy atom. The first-order valence-corrected chi connectivity index (χ1v) is 9.40. The van der Waals surface area contributed by atoms with Gasteiger partial charge < -0.3 is 0 Å². The largest absolute Gasteiger partial charge is 0.336 e. The number of aromatic nitrogens is 5. The summed E-state index contributed by atoms with van der Waals surface area (Å²) in [5.74, 6) is 3.25. The summed E-state index contributed by atoms with van der Waals surface area (Å²) in [6.45, 7) is 3.46. The molecule has 0 unspecified atom stereocenters. The Labute approximate surface area is 175 Å². The van der Waals surface area contributed by atoms with Gasteiger partial charge >= 0.3 is 5.69 Å². The van der Waals surface area contributed by atoms with Crippen molar-refractivity contribution >= 4 is 11.0 Å². The minimum Gasteiger partial charge on any atom is -0.287 e. The maximum Gasteiger partial charge on any atom is 0.336 e. The van der Waals surface area contributed by atoms with Crippen molar-refractivity contribution in [2.24, 2.45) is 7.05 Å². The Balaban J connectivity index is 1.94. The summed E-state index contributed by atoms with van der Waals surface area (Å²) >= 11 is 0. The van der Waals surface area contributed by atoms with E-state index < -0.39 is 28.6 Å². The predicted molar refractivity (Wildman–Crippen MR) is 111 cm³/mol. The second kappa shape index (κ2) is 7.65. The lowest BCUT2D eigenvalue weighted by Crippen LogP contribution is -2.40. The first-order valence-electron chi connectivity index (χ1n) is 9.40. The summed E-state index contributed by atoms with van der Waals surface area (Å²) < 4.78 is 33.1. The summed E-state index contributed by atoms with van der Waals surface area (Å²) in [6, 6.07) is 4.99. The van der Waals surface area contributed by atoms with Crippen LogP contribution in [0.3, 0.4) is 0 Å². The standard InChI is InChI=1S/C22H17F2N5O2/c1-13(2)28-18-12-27(3)26-19(18)21(30)29(22(28)31)20-16(23)9-15(10-17(20)24)7-6-14-5-4-8-25-11-14/h4-5,8-13H,1-3H3. The molecule has 3 aromatic heterocycles. The lowest BCUT2D eigenvalue weighted by molar-refractivity contribution is 0.536. The topological polar surface area (TPSA) is 74.7 Å². The maximum atomic E-state index is 15.0. The van der Waals surface area contributed by atoms with Gasteiger partial charge in [-0.15, -0.1) is 0 Å². The molecule has 0 fully saturated rings. The van der Waals surface area contributed by atoms with Crippen LogP contribution in [0.25, 0.3) is 16.7 Å². The second-order valence-electron chi connectivity index (χ2n) is 7.20. The van der Waals surface area contributed by atoms with Gasteiger partial charge in [-0.3, -0.25) is 19.0 Å². The van der Waals surface area contributed by atoms with Crippen LogP contribution in [0.2, 0.25) is 0 Å². The van der Waals surface area contributed by atoms with Gasteiger partial charge in [0.15, 0.2) is 17.2 Å². The number of aryl methyl sites for hydroxylation is 1. The van der Waals surface area contributed by atoms with Crippen LogP contribution < -0.4 is 11.2 Å². The first kappa shape index (κ1) is 20.2. The highest BCUT2D eigenvalue weighted by Gasteiger charge is 2.23. The fourth-order valence-corrected chi connectivity index (χ4v) is 3.34. The van der Waals surface area contributed by atoms with E-state index in [1.54, 1.807) is 39.2 Å². The zero-order valence-electron chi connectivity index (χ0n) is 16.9. The second-order valence-corrected chi connectivity index (χ2v) is 7.20. The Morgan fingerprint density at radius 2 is 1.74 bits per heavy atom. The van der Waals surface area contributed by atoms with Crippen molar-refractivity contribution in [3.05, 3.63) is 86.5 Å². The molecule has 4 rings (SSSR count). The molecule has 3 heterocycles. The molecule has 0 N–H and O–H groups in total. The lowest BCUT2D eigenvalue weighted by Gasteiger charge is -2.15. The molecule has 0 spiro atoms. The van der Waals surface area contributed by atoms with Crippen LogP contribution in [0.1, 0.15) is 31.0 Å². The van der Waals surface area contributed by atoms with Gasteiger partial charge in [-0.25, -0.2) is 18.1 Å². The van der Waals surface area contributed by atoms with Crippen molar-refractivity contribution in [1.82, 2.24) is 23.9 Å². The van der Waals surface area contributed by atoms with Gasteiger partial charge in [-0.2, -0.15) is 5.10 Å². The van der Waals surface area contributed by atoms with Crippen LogP contribution in [0.15, 0.2) is 52.4 Å². The predicted octanol–water partition coefficient (Wildman–Crippen LogP) is 2.54. The molecule has 0 radical (unpaired) electrons. The Bertz CT molecular complexity index is 1470. The van der Waals surface area contributed by atoms with E-state index in [0.29, 0.717) is 15.6 Å². The molecule has 0 aliphatic heterocycles. The zero-order chi connectivity index (χ0) is 22.3. The summed E-state index contributed by atoms with van der Waals surface area (Å²) in [7, 11) is 1.59. The summed E-state index contributed by atoms with van der Waals surface area (Å²) in [4.78, 5) is 29.9. The van der Waals surface area contributed by atoms with Gasteiger partial charge in [-0.05, 0) is 38.1 Å². The van der Waals surface area contributed by atoms with Crippen molar-refractivity contribution in [2.45, 2.75) is 19.9 Å². The molecule has 0 saturated carbocycles. The van der Waals surface area contributed by atoms with Crippen molar-refractivity contribution in [1.29, 1.82) is 0 Å². The molecule has 0 amide bonds. The molecule has 156 valence electrons. The van der Waals surface area contributed by atoms with Crippen molar-refractivity contribution in [2.75, 3.05) is 0 Å². The van der Waals surface area contributed by atoms with E-state index in [1.807, 2.05) is 0 Å². The van der Waals surface area contributed by atoms with E-state index >= 15 is 0 Å². The third-order valence-corrected chi connectivity index (χ3v) is 4.64. The average molecular weight is 421 g/mol. The minimum absolute atomic E-state index is 0.0544. The van der Waals surface area contributed by atoms with Gasteiger partial charge in [0.2, 0.25) is 0 Å². The smallest absolute Gasteiger partial charge is 0.287 e. The number of nitrogens with zero attached hydrogens (tertiary/aromatic N) is 5. The van der Waals surface area contributed by atoms with Crippen LogP contribution in [-0.4, -0.2) is 23.9 Å². The minimum atomic E-state index is -1.08. The molecule has 0 atom stereocenters. The summed E-state index contributed by atoms with van der Waals surface area (Å²) in [5, 5.41) is 4.07. The number of rotatable bonds is 2. The number of hydrogen-bond acceptors (Lipinski definition) is 4. The van der Waals surface area contributed by atoms with Gasteiger partial charge in [0, 0.05) is 42.8 Å². The Morgan fingerprint density at radius 3 is 2.35 bits per heavy atom. The number of pyridine rings is 1. The molecule has 0 aliphatic rings. The Kier molecular flexibility index (Phi) is 4.99. The fraction of sp³-hybridized carbons (Fsp3) is 0.182. The first-order chi connectivity index (χ1) is 14.8. The average Bonchev–Trinajstić information content (AvgIpc) is 3.10. The molecule has 0 aliphatic carbocycles. The number of benzene rings is 1. The molecule has 31 heavy (non-hydrogen) atoms. The van der Waals surface area contributed by atoms with E-state index in [0.717, 1.165) is 12.1 Å². The molecule has 0 bridgehead atoms. The summed E-state index contributed by atoms with van der Waals surface area (Å²) in [5.41, 5.74) is -1.65. The van der Waals surface area contributed by atoms with Crippen molar-refractivity contribution < 1.29 is 8.78 Å². The van der Waals surface area contributed by atoms with Gasteiger partial charge in [0.1, 0.15) is 5.69 Å². The highest BCUT2D eigenvalue weighted by molar-refractivity contribution is 5.73. The molecule has 0 saturated heterocycles. The third-order valence-electron chi connectivity index (χ3n) is 4.64. The van der Waals surface area contributed by atoms with Crippen LogP contribution in [0.4, 0.5) is 8.78 Å².